The molecule has 0 amide bonds. The summed E-state index contributed by atoms with van der Waals surface area (Å²) in [6, 6.07) is 0. The maximum Gasteiger partial charge on any atom is 0.213 e. The van der Waals surface area contributed by atoms with E-state index in [9.17, 15) is 8.42 Å². The van der Waals surface area contributed by atoms with Crippen molar-refractivity contribution in [1.82, 2.24) is 4.31 Å². The number of hydrogen-bond donors (Lipinski definition) is 0. The van der Waals surface area contributed by atoms with Gasteiger partial charge < -0.3 is 0 Å². The van der Waals surface area contributed by atoms with E-state index < -0.39 is 10.0 Å². The van der Waals surface area contributed by atoms with Crippen LogP contribution in [0.3, 0.4) is 0 Å². The molecular weight excluding hydrogens is 186 g/mol. The highest BCUT2D eigenvalue weighted by molar-refractivity contribution is 7.89. The molecule has 0 radical (unpaired) electrons. The number of alkyl halides is 1. The Morgan fingerprint density at radius 3 is 2.45 bits per heavy atom. The maximum atomic E-state index is 11.1. The first-order valence-electron chi connectivity index (χ1n) is 3.64. The van der Waals surface area contributed by atoms with Gasteiger partial charge in [-0.05, 0) is 6.92 Å². The summed E-state index contributed by atoms with van der Waals surface area (Å²) >= 11 is 5.54. The SMILES string of the molecule is CCS(=O)(=O)N1CC(CCl)C1. The van der Waals surface area contributed by atoms with E-state index in [-0.39, 0.29) is 5.75 Å². The van der Waals surface area contributed by atoms with Crippen LogP contribution in [-0.2, 0) is 10.0 Å². The van der Waals surface area contributed by atoms with E-state index in [1.54, 1.807) is 6.92 Å². The molecule has 0 aliphatic carbocycles. The highest BCUT2D eigenvalue weighted by atomic mass is 35.5. The summed E-state index contributed by atoms with van der Waals surface area (Å²) in [6.07, 6.45) is 0. The monoisotopic (exact) mass is 197 g/mol. The quantitative estimate of drug-likeness (QED) is 0.619. The Morgan fingerprint density at radius 2 is 2.09 bits per heavy atom. The molecule has 0 atom stereocenters. The molecule has 0 aromatic carbocycles. The van der Waals surface area contributed by atoms with Crippen LogP contribution in [0.1, 0.15) is 6.92 Å². The summed E-state index contributed by atoms with van der Waals surface area (Å²) in [5.41, 5.74) is 0. The van der Waals surface area contributed by atoms with Gasteiger partial charge in [0.2, 0.25) is 10.0 Å². The summed E-state index contributed by atoms with van der Waals surface area (Å²) in [5, 5.41) is 0. The molecule has 1 fully saturated rings. The zero-order valence-electron chi connectivity index (χ0n) is 6.46. The first kappa shape index (κ1) is 9.29. The van der Waals surface area contributed by atoms with Crippen molar-refractivity contribution in [2.75, 3.05) is 24.7 Å². The fourth-order valence-corrected chi connectivity index (χ4v) is 2.47. The molecule has 0 unspecified atom stereocenters. The predicted molar refractivity (Wildman–Crippen MR) is 45.2 cm³/mol. The van der Waals surface area contributed by atoms with Crippen molar-refractivity contribution in [2.45, 2.75) is 6.92 Å². The summed E-state index contributed by atoms with van der Waals surface area (Å²) < 4.78 is 23.7. The molecule has 0 saturated carbocycles. The third kappa shape index (κ3) is 1.86. The van der Waals surface area contributed by atoms with Crippen LogP contribution in [-0.4, -0.2) is 37.4 Å². The molecular formula is C6H12ClNO2S. The van der Waals surface area contributed by atoms with E-state index >= 15 is 0 Å². The van der Waals surface area contributed by atoms with Crippen molar-refractivity contribution in [3.05, 3.63) is 0 Å². The largest absolute Gasteiger partial charge is 0.213 e. The molecule has 0 N–H and O–H groups in total. The summed E-state index contributed by atoms with van der Waals surface area (Å²) in [5.74, 6) is 1.13. The van der Waals surface area contributed by atoms with Crippen LogP contribution >= 0.6 is 11.6 Å². The second-order valence-corrected chi connectivity index (χ2v) is 5.30. The van der Waals surface area contributed by atoms with E-state index in [2.05, 4.69) is 0 Å². The highest BCUT2D eigenvalue weighted by Crippen LogP contribution is 2.20. The van der Waals surface area contributed by atoms with Crippen molar-refractivity contribution < 1.29 is 8.42 Å². The van der Waals surface area contributed by atoms with Gasteiger partial charge in [0.15, 0.2) is 0 Å². The number of hydrogen-bond acceptors (Lipinski definition) is 2. The van der Waals surface area contributed by atoms with Crippen molar-refractivity contribution >= 4 is 21.6 Å². The zero-order valence-corrected chi connectivity index (χ0v) is 8.03. The van der Waals surface area contributed by atoms with Gasteiger partial charge in [-0.2, -0.15) is 0 Å². The number of sulfonamides is 1. The predicted octanol–water partition coefficient (Wildman–Crippen LogP) is 0.507. The fraction of sp³-hybridized carbons (Fsp3) is 1.00. The van der Waals surface area contributed by atoms with Crippen LogP contribution in [0.2, 0.25) is 0 Å². The molecule has 1 aliphatic heterocycles. The summed E-state index contributed by atoms with van der Waals surface area (Å²) in [4.78, 5) is 0. The molecule has 1 rings (SSSR count). The molecule has 66 valence electrons. The summed E-state index contributed by atoms with van der Waals surface area (Å²) in [6.45, 7) is 2.88. The lowest BCUT2D eigenvalue weighted by Crippen LogP contribution is -2.51. The highest BCUT2D eigenvalue weighted by Gasteiger charge is 2.33. The standard InChI is InChI=1S/C6H12ClNO2S/c1-2-11(9,10)8-4-6(3-7)5-8/h6H,2-5H2,1H3. The molecule has 0 bridgehead atoms. The third-order valence-corrected chi connectivity index (χ3v) is 4.15. The van der Waals surface area contributed by atoms with Crippen molar-refractivity contribution in [3.8, 4) is 0 Å². The molecule has 0 aromatic heterocycles. The van der Waals surface area contributed by atoms with E-state index in [1.165, 1.54) is 4.31 Å². The molecule has 0 spiro atoms. The Balaban J connectivity index is 2.44. The number of halogens is 1. The van der Waals surface area contributed by atoms with Gasteiger partial charge in [-0.1, -0.05) is 0 Å². The maximum absolute atomic E-state index is 11.1. The lowest BCUT2D eigenvalue weighted by molar-refractivity contribution is 0.221. The van der Waals surface area contributed by atoms with Crippen LogP contribution < -0.4 is 0 Å². The lowest BCUT2D eigenvalue weighted by atomic mass is 10.1. The van der Waals surface area contributed by atoms with Gasteiger partial charge in [-0.15, -0.1) is 11.6 Å². The van der Waals surface area contributed by atoms with Crippen LogP contribution in [0.25, 0.3) is 0 Å². The molecule has 3 nitrogen and oxygen atoms in total. The van der Waals surface area contributed by atoms with Gasteiger partial charge in [0, 0.05) is 24.9 Å². The van der Waals surface area contributed by atoms with Crippen molar-refractivity contribution in [1.29, 1.82) is 0 Å². The second kappa shape index (κ2) is 3.29. The van der Waals surface area contributed by atoms with Crippen LogP contribution in [0.5, 0.6) is 0 Å². The van der Waals surface area contributed by atoms with Crippen molar-refractivity contribution in [3.63, 3.8) is 0 Å². The van der Waals surface area contributed by atoms with E-state index in [0.29, 0.717) is 24.9 Å². The van der Waals surface area contributed by atoms with Crippen LogP contribution in [0.15, 0.2) is 0 Å². The first-order chi connectivity index (χ1) is 5.10. The van der Waals surface area contributed by atoms with Gasteiger partial charge in [0.05, 0.1) is 5.75 Å². The van der Waals surface area contributed by atoms with Gasteiger partial charge in [0.1, 0.15) is 0 Å². The Morgan fingerprint density at radius 1 is 1.55 bits per heavy atom. The topological polar surface area (TPSA) is 37.4 Å². The minimum absolute atomic E-state index is 0.196. The minimum atomic E-state index is -2.93. The van der Waals surface area contributed by atoms with Gasteiger partial charge in [-0.3, -0.25) is 0 Å². The molecule has 11 heavy (non-hydrogen) atoms. The fourth-order valence-electron chi connectivity index (χ4n) is 1.03. The van der Waals surface area contributed by atoms with E-state index in [0.717, 1.165) is 0 Å². The average Bonchev–Trinajstić information content (AvgIpc) is 1.85. The minimum Gasteiger partial charge on any atom is -0.212 e. The Bertz CT molecular complexity index is 221. The molecule has 1 aliphatic rings. The number of nitrogens with zero attached hydrogens (tertiary/aromatic N) is 1. The van der Waals surface area contributed by atoms with Gasteiger partial charge in [0.25, 0.3) is 0 Å². The first-order valence-corrected chi connectivity index (χ1v) is 5.78. The third-order valence-electron chi connectivity index (χ3n) is 1.90. The Labute approximate surface area is 72.4 Å². The second-order valence-electron chi connectivity index (χ2n) is 2.74. The Kier molecular flexibility index (Phi) is 2.78. The Hall–Kier alpha value is 0.200. The molecule has 5 heteroatoms. The van der Waals surface area contributed by atoms with Crippen LogP contribution in [0.4, 0.5) is 0 Å². The normalized spacial score (nSPS) is 21.6. The van der Waals surface area contributed by atoms with Gasteiger partial charge >= 0.3 is 0 Å². The van der Waals surface area contributed by atoms with Crippen LogP contribution in [0, 0.1) is 5.92 Å². The number of rotatable bonds is 3. The molecule has 1 heterocycles. The molecule has 0 aromatic rings. The van der Waals surface area contributed by atoms with Crippen molar-refractivity contribution in [2.24, 2.45) is 5.92 Å². The zero-order chi connectivity index (χ0) is 8.48. The average molecular weight is 198 g/mol. The smallest absolute Gasteiger partial charge is 0.212 e. The van der Waals surface area contributed by atoms with Gasteiger partial charge in [-0.25, -0.2) is 12.7 Å². The summed E-state index contributed by atoms with van der Waals surface area (Å²) in [7, 11) is -2.93. The van der Waals surface area contributed by atoms with E-state index in [4.69, 9.17) is 11.6 Å². The lowest BCUT2D eigenvalue weighted by Gasteiger charge is -2.36. The van der Waals surface area contributed by atoms with E-state index in [1.807, 2.05) is 0 Å². The molecule has 1 saturated heterocycles.